The molecular weight excluding hydrogens is 306 g/mol. The van der Waals surface area contributed by atoms with E-state index in [1.807, 2.05) is 30.5 Å². The molecule has 1 heterocycles. The van der Waals surface area contributed by atoms with Crippen LogP contribution >= 0.6 is 0 Å². The van der Waals surface area contributed by atoms with Crippen molar-refractivity contribution in [2.24, 2.45) is 0 Å². The van der Waals surface area contributed by atoms with Crippen LogP contribution in [0.1, 0.15) is 28.4 Å². The molecule has 0 saturated heterocycles. The van der Waals surface area contributed by atoms with Gasteiger partial charge in [0.05, 0.1) is 5.69 Å². The summed E-state index contributed by atoms with van der Waals surface area (Å²) in [7, 11) is 0. The minimum absolute atomic E-state index is 0.0856. The van der Waals surface area contributed by atoms with Crippen molar-refractivity contribution in [3.05, 3.63) is 77.5 Å². The molecule has 0 N–H and O–H groups in total. The number of ketones is 1. The number of carbonyl (C=O) groups excluding carboxylic acids is 1. The van der Waals surface area contributed by atoms with Gasteiger partial charge in [0.25, 0.3) is 0 Å². The molecule has 0 aliphatic carbocycles. The number of rotatable bonds is 2. The van der Waals surface area contributed by atoms with Crippen molar-refractivity contribution in [1.82, 2.24) is 4.98 Å². The van der Waals surface area contributed by atoms with Gasteiger partial charge in [-0.3, -0.25) is 9.78 Å². The minimum atomic E-state index is 0.0856. The van der Waals surface area contributed by atoms with Crippen LogP contribution in [-0.2, 0) is 0 Å². The molecule has 4 aromatic rings. The Hall–Kier alpha value is -3.00. The highest BCUT2D eigenvalue weighted by molar-refractivity contribution is 6.13. The van der Waals surface area contributed by atoms with Crippen molar-refractivity contribution in [1.29, 1.82) is 0 Å². The number of carbonyl (C=O) groups is 1. The number of aromatic nitrogens is 1. The van der Waals surface area contributed by atoms with Crippen molar-refractivity contribution in [3.8, 4) is 11.3 Å². The fourth-order valence-electron chi connectivity index (χ4n) is 3.55. The number of aryl methyl sites for hydroxylation is 2. The zero-order valence-electron chi connectivity index (χ0n) is 14.6. The largest absolute Gasteiger partial charge is 0.295 e. The smallest absolute Gasteiger partial charge is 0.159 e. The van der Waals surface area contributed by atoms with Crippen LogP contribution in [0.25, 0.3) is 32.8 Å². The zero-order chi connectivity index (χ0) is 17.6. The topological polar surface area (TPSA) is 30.0 Å². The number of hydrogen-bond donors (Lipinski definition) is 0. The highest BCUT2D eigenvalue weighted by atomic mass is 16.1. The third kappa shape index (κ3) is 2.70. The Morgan fingerprint density at radius 1 is 0.800 bits per heavy atom. The van der Waals surface area contributed by atoms with Gasteiger partial charge in [0.1, 0.15) is 0 Å². The van der Waals surface area contributed by atoms with Gasteiger partial charge in [-0.2, -0.15) is 0 Å². The first-order valence-corrected chi connectivity index (χ1v) is 8.44. The Morgan fingerprint density at radius 3 is 2.24 bits per heavy atom. The zero-order valence-corrected chi connectivity index (χ0v) is 14.6. The van der Waals surface area contributed by atoms with Crippen LogP contribution in [0.2, 0.25) is 0 Å². The van der Waals surface area contributed by atoms with Gasteiger partial charge in [0, 0.05) is 22.7 Å². The van der Waals surface area contributed by atoms with Gasteiger partial charge in [-0.15, -0.1) is 0 Å². The van der Waals surface area contributed by atoms with Gasteiger partial charge in [0.15, 0.2) is 5.78 Å². The molecule has 2 nitrogen and oxygen atoms in total. The number of hydrogen-bond acceptors (Lipinski definition) is 2. The van der Waals surface area contributed by atoms with Crippen LogP contribution in [0.4, 0.5) is 0 Å². The summed E-state index contributed by atoms with van der Waals surface area (Å²) < 4.78 is 0. The highest BCUT2D eigenvalue weighted by Crippen LogP contribution is 2.32. The Labute approximate surface area is 147 Å². The van der Waals surface area contributed by atoms with Crippen LogP contribution in [0.3, 0.4) is 0 Å². The van der Waals surface area contributed by atoms with Gasteiger partial charge in [0.2, 0.25) is 0 Å². The van der Waals surface area contributed by atoms with Crippen molar-refractivity contribution < 1.29 is 4.79 Å². The summed E-state index contributed by atoms with van der Waals surface area (Å²) in [6, 6.07) is 18.7. The molecule has 2 heteroatoms. The van der Waals surface area contributed by atoms with Crippen molar-refractivity contribution in [3.63, 3.8) is 0 Å². The lowest BCUT2D eigenvalue weighted by molar-refractivity contribution is 0.101. The van der Waals surface area contributed by atoms with Crippen molar-refractivity contribution in [2.75, 3.05) is 0 Å². The Kier molecular flexibility index (Phi) is 3.61. The average molecular weight is 325 g/mol. The maximum Gasteiger partial charge on any atom is 0.159 e. The second-order valence-corrected chi connectivity index (χ2v) is 6.69. The number of Topliss-reactive ketones (excluding diaryl/α,β-unsaturated/α-hetero) is 1. The summed E-state index contributed by atoms with van der Waals surface area (Å²) in [5.41, 5.74) is 5.32. The molecular formula is C23H19NO. The molecule has 0 amide bonds. The maximum absolute atomic E-state index is 11.8. The van der Waals surface area contributed by atoms with E-state index in [4.69, 9.17) is 0 Å². The molecule has 0 saturated carbocycles. The van der Waals surface area contributed by atoms with Crippen molar-refractivity contribution >= 4 is 27.3 Å². The molecule has 1 aromatic heterocycles. The number of fused-ring (bicyclic) bond motifs is 3. The molecule has 0 fully saturated rings. The Bertz CT molecular complexity index is 1120. The van der Waals surface area contributed by atoms with E-state index in [0.717, 1.165) is 38.4 Å². The van der Waals surface area contributed by atoms with E-state index in [9.17, 15) is 4.79 Å². The molecule has 0 aliphatic heterocycles. The van der Waals surface area contributed by atoms with Gasteiger partial charge < -0.3 is 0 Å². The quantitative estimate of drug-likeness (QED) is 0.340. The van der Waals surface area contributed by atoms with E-state index in [2.05, 4.69) is 49.2 Å². The lowest BCUT2D eigenvalue weighted by Crippen LogP contribution is -1.93. The van der Waals surface area contributed by atoms with E-state index in [0.29, 0.717) is 0 Å². The van der Waals surface area contributed by atoms with Crippen LogP contribution in [0.5, 0.6) is 0 Å². The van der Waals surface area contributed by atoms with E-state index in [1.54, 1.807) is 6.92 Å². The summed E-state index contributed by atoms with van der Waals surface area (Å²) in [5.74, 6) is 0.0856. The normalized spacial score (nSPS) is 11.2. The van der Waals surface area contributed by atoms with Crippen LogP contribution in [0, 0.1) is 13.8 Å². The van der Waals surface area contributed by atoms with E-state index < -0.39 is 0 Å². The highest BCUT2D eigenvalue weighted by Gasteiger charge is 2.10. The first kappa shape index (κ1) is 15.5. The molecule has 0 bridgehead atoms. The van der Waals surface area contributed by atoms with E-state index >= 15 is 0 Å². The van der Waals surface area contributed by atoms with Crippen LogP contribution < -0.4 is 0 Å². The Morgan fingerprint density at radius 2 is 1.52 bits per heavy atom. The SMILES string of the molecule is CC(=O)c1ccc2ccc3c(-c4cc(C)cc(C)c4)nccc3c2c1. The molecule has 3 aromatic carbocycles. The third-order valence-corrected chi connectivity index (χ3v) is 4.66. The van der Waals surface area contributed by atoms with Gasteiger partial charge in [-0.1, -0.05) is 41.5 Å². The van der Waals surface area contributed by atoms with Gasteiger partial charge in [-0.25, -0.2) is 0 Å². The lowest BCUT2D eigenvalue weighted by Gasteiger charge is -2.11. The fourth-order valence-corrected chi connectivity index (χ4v) is 3.55. The molecule has 0 radical (unpaired) electrons. The monoisotopic (exact) mass is 325 g/mol. The second kappa shape index (κ2) is 5.82. The molecule has 4 rings (SSSR count). The minimum Gasteiger partial charge on any atom is -0.295 e. The van der Waals surface area contributed by atoms with Gasteiger partial charge >= 0.3 is 0 Å². The predicted octanol–water partition coefficient (Wildman–Crippen LogP) is 5.87. The molecule has 25 heavy (non-hydrogen) atoms. The van der Waals surface area contributed by atoms with E-state index in [1.165, 1.54) is 11.1 Å². The maximum atomic E-state index is 11.8. The summed E-state index contributed by atoms with van der Waals surface area (Å²) >= 11 is 0. The molecule has 0 aliphatic rings. The lowest BCUT2D eigenvalue weighted by atomic mass is 9.96. The van der Waals surface area contributed by atoms with Gasteiger partial charge in [-0.05, 0) is 61.2 Å². The first-order valence-electron chi connectivity index (χ1n) is 8.44. The summed E-state index contributed by atoms with van der Waals surface area (Å²) in [6.07, 6.45) is 1.86. The Balaban J connectivity index is 2.06. The summed E-state index contributed by atoms with van der Waals surface area (Å²) in [4.78, 5) is 16.4. The fraction of sp³-hybridized carbons (Fsp3) is 0.130. The third-order valence-electron chi connectivity index (χ3n) is 4.66. The van der Waals surface area contributed by atoms with Crippen LogP contribution in [-0.4, -0.2) is 10.8 Å². The molecule has 0 atom stereocenters. The second-order valence-electron chi connectivity index (χ2n) is 6.69. The van der Waals surface area contributed by atoms with Crippen molar-refractivity contribution in [2.45, 2.75) is 20.8 Å². The molecule has 122 valence electrons. The molecule has 0 spiro atoms. The number of benzene rings is 3. The average Bonchev–Trinajstić information content (AvgIpc) is 2.59. The summed E-state index contributed by atoms with van der Waals surface area (Å²) in [6.45, 7) is 5.82. The molecule has 0 unspecified atom stereocenters. The number of pyridine rings is 1. The number of nitrogens with zero attached hydrogens (tertiary/aromatic N) is 1. The summed E-state index contributed by atoms with van der Waals surface area (Å²) in [5, 5.41) is 4.47. The van der Waals surface area contributed by atoms with E-state index in [-0.39, 0.29) is 5.78 Å². The first-order chi connectivity index (χ1) is 12.0. The predicted molar refractivity (Wildman–Crippen MR) is 104 cm³/mol. The standard InChI is InChI=1S/C23H19NO/c1-14-10-15(2)12-19(11-14)23-21-7-6-17-4-5-18(16(3)25)13-22(17)20(21)8-9-24-23/h4-13H,1-3H3. The van der Waals surface area contributed by atoms with Crippen LogP contribution in [0.15, 0.2) is 60.8 Å².